The molecule has 1 heterocycles. The maximum atomic E-state index is 13.7. The van der Waals surface area contributed by atoms with Gasteiger partial charge in [-0.2, -0.15) is 5.26 Å². The van der Waals surface area contributed by atoms with E-state index >= 15 is 0 Å². The topological polar surface area (TPSA) is 128 Å². The first-order chi connectivity index (χ1) is 16.5. The smallest absolute Gasteiger partial charge is 0.256 e. The minimum absolute atomic E-state index is 0.0325. The molecule has 11 heteroatoms. The number of benzene rings is 1. The van der Waals surface area contributed by atoms with E-state index in [4.69, 9.17) is 0 Å². The Labute approximate surface area is 207 Å². The first-order valence-corrected chi connectivity index (χ1v) is 15.5. The molecule has 4 saturated carbocycles. The number of carbonyl (C=O) groups is 1. The lowest BCUT2D eigenvalue weighted by molar-refractivity contribution is -0.132. The van der Waals surface area contributed by atoms with Crippen LogP contribution in [0, 0.1) is 23.2 Å². The molecule has 1 amide bonds. The van der Waals surface area contributed by atoms with Crippen LogP contribution in [0.1, 0.15) is 51.4 Å². The minimum Gasteiger partial charge on any atom is -0.326 e. The molecule has 190 valence electrons. The van der Waals surface area contributed by atoms with E-state index in [-0.39, 0.29) is 29.2 Å². The number of amides is 1. The van der Waals surface area contributed by atoms with Gasteiger partial charge in [0.25, 0.3) is 10.0 Å². The Bertz CT molecular complexity index is 1240. The van der Waals surface area contributed by atoms with Gasteiger partial charge in [0, 0.05) is 12.1 Å². The number of carbonyl (C=O) groups excluding carboxylic acids is 1. The second kappa shape index (κ2) is 8.54. The zero-order chi connectivity index (χ0) is 25.1. The standard InChI is InChI=1S/C24H32N4O5S2/c1-34(30,31)28(35(32,33)21-7-3-2-4-8-21)24-13-18-10-19(14-24)12-23(11-18,17-24)26-16-22(29)27-9-5-6-20(27)15-25/h2-4,7-8,18-20,26H,5-6,9-14,16-17H2,1H3. The highest BCUT2D eigenvalue weighted by molar-refractivity contribution is 8.03. The molecule has 3 atom stereocenters. The summed E-state index contributed by atoms with van der Waals surface area (Å²) in [6, 6.07) is 9.54. The lowest BCUT2D eigenvalue weighted by atomic mass is 9.50. The molecular formula is C24H32N4O5S2. The van der Waals surface area contributed by atoms with Crippen molar-refractivity contribution in [1.29, 1.82) is 5.26 Å². The summed E-state index contributed by atoms with van der Waals surface area (Å²) in [4.78, 5) is 14.5. The third-order valence-corrected chi connectivity index (χ3v) is 12.4. The van der Waals surface area contributed by atoms with Crippen LogP contribution in [0.15, 0.2) is 35.2 Å². The van der Waals surface area contributed by atoms with Gasteiger partial charge in [0.2, 0.25) is 15.9 Å². The highest BCUT2D eigenvalue weighted by Gasteiger charge is 2.63. The van der Waals surface area contributed by atoms with Crippen molar-refractivity contribution in [2.75, 3.05) is 19.3 Å². The highest BCUT2D eigenvalue weighted by atomic mass is 32.3. The average molecular weight is 521 g/mol. The number of likely N-dealkylation sites (tertiary alicyclic amines) is 1. The lowest BCUT2D eigenvalue weighted by Gasteiger charge is -2.63. The van der Waals surface area contributed by atoms with Crippen LogP contribution in [0.5, 0.6) is 0 Å². The number of nitrogens with zero attached hydrogens (tertiary/aromatic N) is 3. The van der Waals surface area contributed by atoms with E-state index in [0.717, 1.165) is 35.6 Å². The molecule has 0 spiro atoms. The summed E-state index contributed by atoms with van der Waals surface area (Å²) in [5.74, 6) is 0.246. The first-order valence-electron chi connectivity index (χ1n) is 12.2. The largest absolute Gasteiger partial charge is 0.326 e. The van der Waals surface area contributed by atoms with E-state index < -0.39 is 37.2 Å². The van der Waals surface area contributed by atoms with Crippen LogP contribution in [0.3, 0.4) is 0 Å². The second-order valence-corrected chi connectivity index (χ2v) is 14.8. The van der Waals surface area contributed by atoms with Crippen molar-refractivity contribution in [3.8, 4) is 6.07 Å². The highest BCUT2D eigenvalue weighted by Crippen LogP contribution is 2.60. The summed E-state index contributed by atoms with van der Waals surface area (Å²) in [7, 11) is -8.41. The summed E-state index contributed by atoms with van der Waals surface area (Å²) in [5.41, 5.74) is -1.55. The number of sulfonamides is 2. The van der Waals surface area contributed by atoms with E-state index in [1.165, 1.54) is 12.1 Å². The van der Waals surface area contributed by atoms with Gasteiger partial charge >= 0.3 is 0 Å². The van der Waals surface area contributed by atoms with Crippen LogP contribution in [-0.2, 0) is 24.8 Å². The average Bonchev–Trinajstić information content (AvgIpc) is 3.25. The molecule has 1 N–H and O–H groups in total. The molecule has 3 unspecified atom stereocenters. The van der Waals surface area contributed by atoms with Crippen molar-refractivity contribution < 1.29 is 21.6 Å². The van der Waals surface area contributed by atoms with Crippen LogP contribution < -0.4 is 5.32 Å². The summed E-state index contributed by atoms with van der Waals surface area (Å²) in [6.07, 6.45) is 6.36. The van der Waals surface area contributed by atoms with Gasteiger partial charge in [-0.15, -0.1) is 0 Å². The molecule has 4 bridgehead atoms. The Morgan fingerprint density at radius 2 is 1.80 bits per heavy atom. The lowest BCUT2D eigenvalue weighted by Crippen LogP contribution is -2.71. The van der Waals surface area contributed by atoms with E-state index in [0.29, 0.717) is 32.2 Å². The molecule has 1 aromatic carbocycles. The third-order valence-electron chi connectivity index (χ3n) is 8.31. The van der Waals surface area contributed by atoms with E-state index in [9.17, 15) is 26.9 Å². The van der Waals surface area contributed by atoms with Gasteiger partial charge in [-0.05, 0) is 75.3 Å². The first kappa shape index (κ1) is 24.7. The molecular weight excluding hydrogens is 488 g/mol. The molecule has 0 radical (unpaired) electrons. The van der Waals surface area contributed by atoms with Crippen molar-refractivity contribution >= 4 is 26.0 Å². The molecule has 1 aromatic rings. The number of hydrogen-bond acceptors (Lipinski definition) is 7. The second-order valence-electron chi connectivity index (χ2n) is 11.0. The number of nitriles is 1. The van der Waals surface area contributed by atoms with E-state index in [2.05, 4.69) is 11.4 Å². The molecule has 1 aliphatic heterocycles. The third kappa shape index (κ3) is 4.28. The van der Waals surface area contributed by atoms with Crippen LogP contribution in [0.4, 0.5) is 0 Å². The Hall–Kier alpha value is -2.00. The monoisotopic (exact) mass is 520 g/mol. The summed E-state index contributed by atoms with van der Waals surface area (Å²) in [6.45, 7) is 0.635. The van der Waals surface area contributed by atoms with Gasteiger partial charge in [0.1, 0.15) is 6.04 Å². The van der Waals surface area contributed by atoms with Crippen molar-refractivity contribution in [2.24, 2.45) is 11.8 Å². The molecule has 1 saturated heterocycles. The predicted molar refractivity (Wildman–Crippen MR) is 129 cm³/mol. The van der Waals surface area contributed by atoms with Gasteiger partial charge in [-0.3, -0.25) is 4.79 Å². The maximum absolute atomic E-state index is 13.7. The van der Waals surface area contributed by atoms with E-state index in [1.54, 1.807) is 23.1 Å². The van der Waals surface area contributed by atoms with Crippen molar-refractivity contribution in [3.05, 3.63) is 30.3 Å². The number of hydrogen-bond donors (Lipinski definition) is 1. The Morgan fingerprint density at radius 3 is 2.40 bits per heavy atom. The van der Waals surface area contributed by atoms with Gasteiger partial charge in [-0.1, -0.05) is 21.9 Å². The fourth-order valence-electron chi connectivity index (χ4n) is 7.67. The van der Waals surface area contributed by atoms with Gasteiger partial charge in [-0.25, -0.2) is 16.8 Å². The minimum atomic E-state index is -4.30. The van der Waals surface area contributed by atoms with Crippen molar-refractivity contribution in [2.45, 2.75) is 73.4 Å². The Kier molecular flexibility index (Phi) is 6.02. The van der Waals surface area contributed by atoms with Crippen molar-refractivity contribution in [1.82, 2.24) is 13.9 Å². The normalized spacial score (nSPS) is 34.3. The summed E-state index contributed by atoms with van der Waals surface area (Å²) in [5, 5.41) is 12.8. The molecule has 35 heavy (non-hydrogen) atoms. The summed E-state index contributed by atoms with van der Waals surface area (Å²) >= 11 is 0. The number of rotatable bonds is 7. The molecule has 9 nitrogen and oxygen atoms in total. The maximum Gasteiger partial charge on any atom is 0.256 e. The quantitative estimate of drug-likeness (QED) is 0.581. The molecule has 5 fully saturated rings. The van der Waals surface area contributed by atoms with Gasteiger partial charge < -0.3 is 10.2 Å². The van der Waals surface area contributed by atoms with Crippen LogP contribution in [0.25, 0.3) is 0 Å². The molecule has 6 rings (SSSR count). The van der Waals surface area contributed by atoms with Gasteiger partial charge in [0.15, 0.2) is 0 Å². The zero-order valence-corrected chi connectivity index (χ0v) is 21.5. The van der Waals surface area contributed by atoms with Crippen LogP contribution in [-0.4, -0.2) is 67.8 Å². The SMILES string of the molecule is CS(=O)(=O)N(C12CC3CC(CC(NCC(=O)N4CCCC4C#N)(C3)C1)C2)S(=O)(=O)c1ccccc1. The number of nitrogens with one attached hydrogen (secondary N) is 1. The van der Waals surface area contributed by atoms with E-state index in [1.807, 2.05) is 0 Å². The Morgan fingerprint density at radius 1 is 1.14 bits per heavy atom. The fourth-order valence-corrected chi connectivity index (χ4v) is 11.7. The van der Waals surface area contributed by atoms with Gasteiger partial charge in [0.05, 0.1) is 29.3 Å². The molecule has 0 aromatic heterocycles. The Balaban J connectivity index is 1.46. The van der Waals surface area contributed by atoms with Crippen molar-refractivity contribution in [3.63, 3.8) is 0 Å². The summed E-state index contributed by atoms with van der Waals surface area (Å²) < 4.78 is 54.5. The van der Waals surface area contributed by atoms with Crippen LogP contribution in [0.2, 0.25) is 0 Å². The molecule has 5 aliphatic rings. The zero-order valence-electron chi connectivity index (χ0n) is 19.9. The predicted octanol–water partition coefficient (Wildman–Crippen LogP) is 1.83. The van der Waals surface area contributed by atoms with Crippen LogP contribution >= 0.6 is 0 Å². The molecule has 4 aliphatic carbocycles. The fraction of sp³-hybridized carbons (Fsp3) is 0.667.